The van der Waals surface area contributed by atoms with E-state index in [1.807, 2.05) is 20.0 Å². The van der Waals surface area contributed by atoms with Crippen molar-refractivity contribution in [3.8, 4) is 11.3 Å². The molecule has 0 amide bonds. The molecule has 0 atom stereocenters. The van der Waals surface area contributed by atoms with E-state index < -0.39 is 0 Å². The number of rotatable bonds is 1. The first kappa shape index (κ1) is 14.5. The number of aromatic nitrogens is 2. The normalized spacial score (nSPS) is 10.8. The highest BCUT2D eigenvalue weighted by Gasteiger charge is 2.17. The van der Waals surface area contributed by atoms with Crippen molar-refractivity contribution < 1.29 is 0 Å². The first-order valence-corrected chi connectivity index (χ1v) is 6.59. The Morgan fingerprint density at radius 1 is 1.00 bits per heavy atom. The number of hydrogen-bond donors (Lipinski definition) is 1. The van der Waals surface area contributed by atoms with Crippen molar-refractivity contribution in [2.24, 2.45) is 0 Å². The van der Waals surface area contributed by atoms with Gasteiger partial charge in [-0.3, -0.25) is 0 Å². The number of hydrogen-bond acceptors (Lipinski definition) is 1. The van der Waals surface area contributed by atoms with Crippen molar-refractivity contribution in [3.63, 3.8) is 0 Å². The van der Waals surface area contributed by atoms with Crippen LogP contribution in [0.5, 0.6) is 0 Å². The summed E-state index contributed by atoms with van der Waals surface area (Å²) in [5.74, 6) is 1.03. The Hall–Kier alpha value is -1.57. The summed E-state index contributed by atoms with van der Waals surface area (Å²) in [4.78, 5) is 7.81. The molecule has 2 rings (SSSR count). The molecule has 0 aliphatic carbocycles. The van der Waals surface area contributed by atoms with E-state index in [4.69, 9.17) is 0 Å². The van der Waals surface area contributed by atoms with Gasteiger partial charge in [-0.25, -0.2) is 4.98 Å². The SMILES string of the molecule is CC.Cc1ccc(-c2cnc(C(C)(C)C)[nH]2)cc1. The molecule has 0 unspecified atom stereocenters. The molecular formula is C16H24N2. The number of aryl methyl sites for hydroxylation is 1. The number of H-pyrrole nitrogens is 1. The fourth-order valence-electron chi connectivity index (χ4n) is 1.58. The second kappa shape index (κ2) is 5.85. The number of benzene rings is 1. The van der Waals surface area contributed by atoms with Gasteiger partial charge in [0.05, 0.1) is 11.9 Å². The number of nitrogens with zero attached hydrogens (tertiary/aromatic N) is 1. The van der Waals surface area contributed by atoms with E-state index in [1.165, 1.54) is 11.1 Å². The number of imidazole rings is 1. The second-order valence-electron chi connectivity index (χ2n) is 5.26. The predicted octanol–water partition coefficient (Wildman–Crippen LogP) is 4.71. The van der Waals surface area contributed by atoms with Crippen molar-refractivity contribution in [3.05, 3.63) is 41.9 Å². The fraction of sp³-hybridized carbons (Fsp3) is 0.438. The fourth-order valence-corrected chi connectivity index (χ4v) is 1.58. The lowest BCUT2D eigenvalue weighted by atomic mass is 9.96. The summed E-state index contributed by atoms with van der Waals surface area (Å²) < 4.78 is 0. The van der Waals surface area contributed by atoms with E-state index in [0.717, 1.165) is 11.5 Å². The van der Waals surface area contributed by atoms with Gasteiger partial charge in [0, 0.05) is 5.41 Å². The van der Waals surface area contributed by atoms with E-state index in [-0.39, 0.29) is 5.41 Å². The lowest BCUT2D eigenvalue weighted by Crippen LogP contribution is -2.13. The molecular weight excluding hydrogens is 220 g/mol. The van der Waals surface area contributed by atoms with Gasteiger partial charge in [0.1, 0.15) is 5.82 Å². The quantitative estimate of drug-likeness (QED) is 0.773. The molecule has 0 saturated carbocycles. The maximum atomic E-state index is 4.43. The Morgan fingerprint density at radius 3 is 2.00 bits per heavy atom. The van der Waals surface area contributed by atoms with Crippen LogP contribution in [0.4, 0.5) is 0 Å². The number of aromatic amines is 1. The van der Waals surface area contributed by atoms with Crippen LogP contribution < -0.4 is 0 Å². The highest BCUT2D eigenvalue weighted by Crippen LogP contribution is 2.23. The van der Waals surface area contributed by atoms with Crippen LogP contribution in [0.15, 0.2) is 30.5 Å². The van der Waals surface area contributed by atoms with Gasteiger partial charge < -0.3 is 4.98 Å². The standard InChI is InChI=1S/C14H18N2.C2H6/c1-10-5-7-11(8-6-10)12-9-15-13(16-12)14(2,3)4;1-2/h5-9H,1-4H3,(H,15,16);1-2H3. The van der Waals surface area contributed by atoms with Crippen LogP contribution in [0.3, 0.4) is 0 Å². The highest BCUT2D eigenvalue weighted by molar-refractivity contribution is 5.58. The van der Waals surface area contributed by atoms with Gasteiger partial charge in [-0.1, -0.05) is 64.4 Å². The molecule has 0 aliphatic rings. The van der Waals surface area contributed by atoms with Gasteiger partial charge in [0.2, 0.25) is 0 Å². The molecule has 1 heterocycles. The van der Waals surface area contributed by atoms with Gasteiger partial charge in [-0.15, -0.1) is 0 Å². The van der Waals surface area contributed by atoms with E-state index >= 15 is 0 Å². The van der Waals surface area contributed by atoms with Crippen LogP contribution in [-0.2, 0) is 5.41 Å². The molecule has 0 spiro atoms. The van der Waals surface area contributed by atoms with Crippen LogP contribution in [-0.4, -0.2) is 9.97 Å². The molecule has 0 saturated heterocycles. The predicted molar refractivity (Wildman–Crippen MR) is 78.8 cm³/mol. The molecule has 2 aromatic rings. The van der Waals surface area contributed by atoms with Crippen LogP contribution >= 0.6 is 0 Å². The second-order valence-corrected chi connectivity index (χ2v) is 5.26. The molecule has 0 radical (unpaired) electrons. The molecule has 0 fully saturated rings. The third-order valence-corrected chi connectivity index (χ3v) is 2.65. The zero-order valence-corrected chi connectivity index (χ0v) is 12.3. The summed E-state index contributed by atoms with van der Waals surface area (Å²) >= 11 is 0. The van der Waals surface area contributed by atoms with E-state index in [1.54, 1.807) is 0 Å². The third kappa shape index (κ3) is 3.46. The molecule has 98 valence electrons. The molecule has 2 nitrogen and oxygen atoms in total. The zero-order valence-electron chi connectivity index (χ0n) is 12.3. The van der Waals surface area contributed by atoms with Gasteiger partial charge in [0.25, 0.3) is 0 Å². The summed E-state index contributed by atoms with van der Waals surface area (Å²) in [7, 11) is 0. The minimum atomic E-state index is 0.0724. The van der Waals surface area contributed by atoms with Crippen LogP contribution in [0.25, 0.3) is 11.3 Å². The van der Waals surface area contributed by atoms with Crippen molar-refractivity contribution in [2.45, 2.75) is 47.0 Å². The smallest absolute Gasteiger partial charge is 0.111 e. The van der Waals surface area contributed by atoms with Gasteiger partial charge >= 0.3 is 0 Å². The molecule has 1 aromatic heterocycles. The van der Waals surface area contributed by atoms with E-state index in [0.29, 0.717) is 0 Å². The lowest BCUT2D eigenvalue weighted by Gasteiger charge is -2.14. The third-order valence-electron chi connectivity index (χ3n) is 2.65. The van der Waals surface area contributed by atoms with Crippen LogP contribution in [0, 0.1) is 6.92 Å². The number of nitrogens with one attached hydrogen (secondary N) is 1. The van der Waals surface area contributed by atoms with Crippen molar-refractivity contribution in [1.82, 2.24) is 9.97 Å². The van der Waals surface area contributed by atoms with Crippen molar-refractivity contribution >= 4 is 0 Å². The average Bonchev–Trinajstić information content (AvgIpc) is 2.82. The van der Waals surface area contributed by atoms with E-state index in [2.05, 4.69) is 61.9 Å². The molecule has 18 heavy (non-hydrogen) atoms. The summed E-state index contributed by atoms with van der Waals surface area (Å²) in [6, 6.07) is 8.48. The average molecular weight is 244 g/mol. The van der Waals surface area contributed by atoms with Crippen molar-refractivity contribution in [2.75, 3.05) is 0 Å². The first-order valence-electron chi connectivity index (χ1n) is 6.59. The summed E-state index contributed by atoms with van der Waals surface area (Å²) in [5.41, 5.74) is 3.63. The summed E-state index contributed by atoms with van der Waals surface area (Å²) in [5, 5.41) is 0. The monoisotopic (exact) mass is 244 g/mol. The van der Waals surface area contributed by atoms with Crippen molar-refractivity contribution in [1.29, 1.82) is 0 Å². The topological polar surface area (TPSA) is 28.7 Å². The molecule has 0 aliphatic heterocycles. The molecule has 1 aromatic carbocycles. The lowest BCUT2D eigenvalue weighted by molar-refractivity contribution is 0.553. The Labute approximate surface area is 110 Å². The summed E-state index contributed by atoms with van der Waals surface area (Å²) in [6.07, 6.45) is 1.91. The largest absolute Gasteiger partial charge is 0.342 e. The maximum absolute atomic E-state index is 4.43. The van der Waals surface area contributed by atoms with E-state index in [9.17, 15) is 0 Å². The zero-order chi connectivity index (χ0) is 13.8. The minimum absolute atomic E-state index is 0.0724. The maximum Gasteiger partial charge on any atom is 0.111 e. The Morgan fingerprint density at radius 2 is 1.56 bits per heavy atom. The highest BCUT2D eigenvalue weighted by atomic mass is 14.9. The molecule has 2 heteroatoms. The first-order chi connectivity index (χ1) is 8.47. The van der Waals surface area contributed by atoms with Gasteiger partial charge in [-0.05, 0) is 12.5 Å². The van der Waals surface area contributed by atoms with Gasteiger partial charge in [-0.2, -0.15) is 0 Å². The molecule has 1 N–H and O–H groups in total. The Bertz CT molecular complexity index is 473. The molecule has 0 bridgehead atoms. The minimum Gasteiger partial charge on any atom is -0.342 e. The Kier molecular flexibility index (Phi) is 4.71. The van der Waals surface area contributed by atoms with Gasteiger partial charge in [0.15, 0.2) is 0 Å². The summed E-state index contributed by atoms with van der Waals surface area (Å²) in [6.45, 7) is 12.6. The van der Waals surface area contributed by atoms with Crippen LogP contribution in [0.2, 0.25) is 0 Å². The van der Waals surface area contributed by atoms with Crippen LogP contribution in [0.1, 0.15) is 46.0 Å². The Balaban J connectivity index is 0.000000771.